The van der Waals surface area contributed by atoms with Gasteiger partial charge >= 0.3 is 0 Å². The number of rotatable bonds is 4. The molecule has 4 rings (SSSR count). The zero-order valence-electron chi connectivity index (χ0n) is 14.5. The van der Waals surface area contributed by atoms with Gasteiger partial charge in [0.05, 0.1) is 17.6 Å². The van der Waals surface area contributed by atoms with Crippen molar-refractivity contribution in [3.8, 4) is 0 Å². The Balaban J connectivity index is 1.74. The lowest BCUT2D eigenvalue weighted by Gasteiger charge is -2.30. The van der Waals surface area contributed by atoms with Crippen LogP contribution in [0.5, 0.6) is 0 Å². The zero-order valence-corrected chi connectivity index (χ0v) is 15.2. The summed E-state index contributed by atoms with van der Waals surface area (Å²) in [4.78, 5) is 4.73. The van der Waals surface area contributed by atoms with Crippen LogP contribution < -0.4 is 11.1 Å². The summed E-state index contributed by atoms with van der Waals surface area (Å²) >= 11 is 6.25. The van der Waals surface area contributed by atoms with E-state index < -0.39 is 0 Å². The number of halogens is 2. The van der Waals surface area contributed by atoms with Gasteiger partial charge in [0.25, 0.3) is 0 Å². The van der Waals surface area contributed by atoms with E-state index in [1.54, 1.807) is 12.1 Å². The SMILES string of the molecule is N[C@H]1CCCC[C@@H]1Nc1nc2ccccc2n1Cc1c(F)cccc1Cl. The van der Waals surface area contributed by atoms with Crippen LogP contribution in [0.1, 0.15) is 31.2 Å². The van der Waals surface area contributed by atoms with Gasteiger partial charge in [0.2, 0.25) is 5.95 Å². The predicted molar refractivity (Wildman–Crippen MR) is 104 cm³/mol. The molecule has 0 saturated heterocycles. The lowest BCUT2D eigenvalue weighted by atomic mass is 9.91. The molecule has 0 radical (unpaired) electrons. The van der Waals surface area contributed by atoms with E-state index in [0.29, 0.717) is 23.1 Å². The average molecular weight is 373 g/mol. The van der Waals surface area contributed by atoms with Crippen LogP contribution in [-0.2, 0) is 6.54 Å². The van der Waals surface area contributed by atoms with Crippen molar-refractivity contribution in [1.82, 2.24) is 9.55 Å². The monoisotopic (exact) mass is 372 g/mol. The van der Waals surface area contributed by atoms with Gasteiger partial charge in [-0.1, -0.05) is 42.6 Å². The Morgan fingerprint density at radius 3 is 2.77 bits per heavy atom. The summed E-state index contributed by atoms with van der Waals surface area (Å²) in [5.41, 5.74) is 8.57. The summed E-state index contributed by atoms with van der Waals surface area (Å²) in [5, 5.41) is 3.93. The molecule has 3 aromatic rings. The zero-order chi connectivity index (χ0) is 18.1. The first-order chi connectivity index (χ1) is 12.6. The third-order valence-electron chi connectivity index (χ3n) is 5.17. The summed E-state index contributed by atoms with van der Waals surface area (Å²) in [5.74, 6) is 0.406. The molecule has 136 valence electrons. The van der Waals surface area contributed by atoms with E-state index >= 15 is 0 Å². The van der Waals surface area contributed by atoms with Crippen molar-refractivity contribution in [2.45, 2.75) is 44.3 Å². The molecule has 3 N–H and O–H groups in total. The van der Waals surface area contributed by atoms with Gasteiger partial charge in [0.1, 0.15) is 5.82 Å². The molecule has 0 amide bonds. The van der Waals surface area contributed by atoms with Crippen molar-refractivity contribution < 1.29 is 4.39 Å². The normalized spacial score (nSPS) is 20.4. The highest BCUT2D eigenvalue weighted by Gasteiger charge is 2.24. The van der Waals surface area contributed by atoms with Crippen molar-refractivity contribution in [2.75, 3.05) is 5.32 Å². The smallest absolute Gasteiger partial charge is 0.204 e. The molecule has 1 aliphatic carbocycles. The highest BCUT2D eigenvalue weighted by Crippen LogP contribution is 2.28. The molecule has 1 aliphatic rings. The molecule has 1 aromatic heterocycles. The second-order valence-corrected chi connectivity index (χ2v) is 7.32. The molecule has 0 unspecified atom stereocenters. The molecule has 0 bridgehead atoms. The maximum absolute atomic E-state index is 14.3. The first-order valence-corrected chi connectivity index (χ1v) is 9.41. The lowest BCUT2D eigenvalue weighted by molar-refractivity contribution is 0.401. The predicted octanol–water partition coefficient (Wildman–Crippen LogP) is 4.56. The van der Waals surface area contributed by atoms with E-state index in [2.05, 4.69) is 5.32 Å². The molecule has 1 fully saturated rings. The number of aromatic nitrogens is 2. The second kappa shape index (κ2) is 7.25. The number of nitrogens with two attached hydrogens (primary N) is 1. The molecule has 0 aliphatic heterocycles. The topological polar surface area (TPSA) is 55.9 Å². The summed E-state index contributed by atoms with van der Waals surface area (Å²) in [6, 6.07) is 12.9. The number of hydrogen-bond donors (Lipinski definition) is 2. The third kappa shape index (κ3) is 3.29. The molecule has 26 heavy (non-hydrogen) atoms. The van der Waals surface area contributed by atoms with Gasteiger partial charge in [-0.15, -0.1) is 0 Å². The first-order valence-electron chi connectivity index (χ1n) is 9.04. The number of fused-ring (bicyclic) bond motifs is 1. The summed E-state index contributed by atoms with van der Waals surface area (Å²) in [6.07, 6.45) is 4.35. The van der Waals surface area contributed by atoms with Crippen LogP contribution in [0.25, 0.3) is 11.0 Å². The maximum atomic E-state index is 14.3. The number of nitrogens with zero attached hydrogens (tertiary/aromatic N) is 2. The summed E-state index contributed by atoms with van der Waals surface area (Å²) in [6.45, 7) is 0.316. The average Bonchev–Trinajstić information content (AvgIpc) is 2.97. The van der Waals surface area contributed by atoms with Crippen LogP contribution in [0.15, 0.2) is 42.5 Å². The van der Waals surface area contributed by atoms with E-state index in [1.165, 1.54) is 12.5 Å². The molecule has 6 heteroatoms. The van der Waals surface area contributed by atoms with E-state index in [4.69, 9.17) is 22.3 Å². The quantitative estimate of drug-likeness (QED) is 0.705. The minimum Gasteiger partial charge on any atom is -0.351 e. The fraction of sp³-hybridized carbons (Fsp3) is 0.350. The molecular formula is C20H22ClFN4. The lowest BCUT2D eigenvalue weighted by Crippen LogP contribution is -2.43. The van der Waals surface area contributed by atoms with Crippen molar-refractivity contribution in [3.05, 3.63) is 58.9 Å². The first kappa shape index (κ1) is 17.3. The number of imidazole rings is 1. The van der Waals surface area contributed by atoms with E-state index in [9.17, 15) is 4.39 Å². The molecule has 0 spiro atoms. The largest absolute Gasteiger partial charge is 0.351 e. The number of benzene rings is 2. The molecule has 4 nitrogen and oxygen atoms in total. The number of hydrogen-bond acceptors (Lipinski definition) is 3. The molecule has 1 heterocycles. The van der Waals surface area contributed by atoms with Gasteiger partial charge in [-0.2, -0.15) is 0 Å². The Morgan fingerprint density at radius 2 is 1.96 bits per heavy atom. The molecule has 2 aromatic carbocycles. The van der Waals surface area contributed by atoms with Crippen molar-refractivity contribution in [2.24, 2.45) is 5.73 Å². The molecule has 2 atom stereocenters. The Bertz CT molecular complexity index is 903. The maximum Gasteiger partial charge on any atom is 0.204 e. The van der Waals surface area contributed by atoms with Crippen LogP contribution in [0.2, 0.25) is 5.02 Å². The molecular weight excluding hydrogens is 351 g/mol. The van der Waals surface area contributed by atoms with Gasteiger partial charge in [0, 0.05) is 22.7 Å². The van der Waals surface area contributed by atoms with E-state index in [-0.39, 0.29) is 17.9 Å². The summed E-state index contributed by atoms with van der Waals surface area (Å²) in [7, 11) is 0. The Kier molecular flexibility index (Phi) is 4.83. The minimum atomic E-state index is -0.310. The Labute approximate surface area is 157 Å². The highest BCUT2D eigenvalue weighted by molar-refractivity contribution is 6.31. The van der Waals surface area contributed by atoms with Crippen molar-refractivity contribution >= 4 is 28.6 Å². The van der Waals surface area contributed by atoms with E-state index in [0.717, 1.165) is 30.3 Å². The number of anilines is 1. The van der Waals surface area contributed by atoms with Gasteiger partial charge in [0.15, 0.2) is 0 Å². The van der Waals surface area contributed by atoms with Crippen LogP contribution in [0.4, 0.5) is 10.3 Å². The van der Waals surface area contributed by atoms with Gasteiger partial charge in [-0.3, -0.25) is 0 Å². The van der Waals surface area contributed by atoms with Gasteiger partial charge in [-0.25, -0.2) is 9.37 Å². The fourth-order valence-electron chi connectivity index (χ4n) is 3.69. The fourth-order valence-corrected chi connectivity index (χ4v) is 3.91. The Morgan fingerprint density at radius 1 is 1.15 bits per heavy atom. The van der Waals surface area contributed by atoms with Gasteiger partial charge in [-0.05, 0) is 37.1 Å². The van der Waals surface area contributed by atoms with E-state index in [1.807, 2.05) is 28.8 Å². The second-order valence-electron chi connectivity index (χ2n) is 6.91. The Hall–Kier alpha value is -2.11. The standard InChI is InChI=1S/C20H22ClFN4/c21-14-6-5-7-15(22)13(14)12-26-19-11-4-3-10-18(19)25-20(26)24-17-9-2-1-8-16(17)23/h3-7,10-11,16-17H,1-2,8-9,12,23H2,(H,24,25)/t16-,17-/m0/s1. The number of para-hydroxylation sites is 2. The number of nitrogens with one attached hydrogen (secondary N) is 1. The minimum absolute atomic E-state index is 0.106. The summed E-state index contributed by atoms with van der Waals surface area (Å²) < 4.78 is 16.3. The highest BCUT2D eigenvalue weighted by atomic mass is 35.5. The van der Waals surface area contributed by atoms with Crippen LogP contribution in [-0.4, -0.2) is 21.6 Å². The van der Waals surface area contributed by atoms with Crippen LogP contribution in [0.3, 0.4) is 0 Å². The third-order valence-corrected chi connectivity index (χ3v) is 5.52. The van der Waals surface area contributed by atoms with Crippen LogP contribution >= 0.6 is 11.6 Å². The van der Waals surface area contributed by atoms with Crippen molar-refractivity contribution in [3.63, 3.8) is 0 Å². The molecule has 1 saturated carbocycles. The van der Waals surface area contributed by atoms with Crippen LogP contribution in [0, 0.1) is 5.82 Å². The van der Waals surface area contributed by atoms with Gasteiger partial charge < -0.3 is 15.6 Å². The van der Waals surface area contributed by atoms with Crippen molar-refractivity contribution in [1.29, 1.82) is 0 Å².